The van der Waals surface area contributed by atoms with Gasteiger partial charge in [-0.25, -0.2) is 4.90 Å². The molecular formula is C22H22N2O2. The lowest BCUT2D eigenvalue weighted by atomic mass is 9.92. The number of anilines is 1. The molecule has 26 heavy (non-hydrogen) atoms. The van der Waals surface area contributed by atoms with Crippen LogP contribution in [0.1, 0.15) is 70.5 Å². The van der Waals surface area contributed by atoms with Crippen LogP contribution >= 0.6 is 0 Å². The maximum Gasteiger partial charge on any atom is 0.266 e. The van der Waals surface area contributed by atoms with Crippen LogP contribution in [0.4, 0.5) is 5.69 Å². The van der Waals surface area contributed by atoms with E-state index in [1.165, 1.54) is 4.90 Å². The number of imide groups is 1. The number of carbonyl (C=O) groups is 2. The van der Waals surface area contributed by atoms with Gasteiger partial charge in [-0.05, 0) is 41.5 Å². The van der Waals surface area contributed by atoms with Gasteiger partial charge in [-0.1, -0.05) is 51.1 Å². The van der Waals surface area contributed by atoms with Gasteiger partial charge in [-0.15, -0.1) is 0 Å². The molecule has 132 valence electrons. The van der Waals surface area contributed by atoms with Crippen molar-refractivity contribution >= 4 is 17.5 Å². The first-order chi connectivity index (χ1) is 12.5. The van der Waals surface area contributed by atoms with Gasteiger partial charge in [0, 0.05) is 0 Å². The molecule has 0 aliphatic carbocycles. The van der Waals surface area contributed by atoms with Gasteiger partial charge in [-0.2, -0.15) is 5.26 Å². The summed E-state index contributed by atoms with van der Waals surface area (Å²) in [6, 6.07) is 13.2. The highest BCUT2D eigenvalue weighted by Gasteiger charge is 2.40. The van der Waals surface area contributed by atoms with Crippen LogP contribution in [0.25, 0.3) is 0 Å². The fourth-order valence-electron chi connectivity index (χ4n) is 3.58. The number of aryl methyl sites for hydroxylation is 1. The zero-order chi connectivity index (χ0) is 18.8. The monoisotopic (exact) mass is 346 g/mol. The summed E-state index contributed by atoms with van der Waals surface area (Å²) in [6.07, 6.45) is 1.77. The Morgan fingerprint density at radius 2 is 1.73 bits per heavy atom. The van der Waals surface area contributed by atoms with Crippen LogP contribution in [-0.4, -0.2) is 11.8 Å². The molecule has 1 aliphatic rings. The molecule has 0 fully saturated rings. The van der Waals surface area contributed by atoms with Crippen LogP contribution in [0.5, 0.6) is 0 Å². The molecule has 2 aromatic carbocycles. The van der Waals surface area contributed by atoms with Crippen molar-refractivity contribution in [1.82, 2.24) is 0 Å². The molecule has 2 amide bonds. The van der Waals surface area contributed by atoms with Crippen LogP contribution in [0.3, 0.4) is 0 Å². The molecule has 0 radical (unpaired) electrons. The lowest BCUT2D eigenvalue weighted by Gasteiger charge is -2.24. The Hall–Kier alpha value is -2.93. The normalized spacial score (nSPS) is 14.3. The minimum atomic E-state index is -0.318. The molecule has 1 unspecified atom stereocenters. The number of benzene rings is 2. The molecule has 0 N–H and O–H groups in total. The average Bonchev–Trinajstić information content (AvgIpc) is 2.92. The van der Waals surface area contributed by atoms with Crippen molar-refractivity contribution in [3.8, 4) is 6.07 Å². The van der Waals surface area contributed by atoms with Crippen molar-refractivity contribution in [2.45, 2.75) is 46.0 Å². The van der Waals surface area contributed by atoms with E-state index in [1.54, 1.807) is 18.2 Å². The third kappa shape index (κ3) is 2.70. The molecule has 4 heteroatoms. The molecule has 1 heterocycles. The second kappa shape index (κ2) is 7.13. The van der Waals surface area contributed by atoms with Crippen molar-refractivity contribution in [2.75, 3.05) is 4.90 Å². The first-order valence-electron chi connectivity index (χ1n) is 9.04. The minimum Gasteiger partial charge on any atom is -0.268 e. The highest BCUT2D eigenvalue weighted by Crippen LogP contribution is 2.38. The molecule has 0 aromatic heterocycles. The lowest BCUT2D eigenvalue weighted by molar-refractivity contribution is 0.0925. The second-order valence-corrected chi connectivity index (χ2v) is 6.64. The summed E-state index contributed by atoms with van der Waals surface area (Å²) >= 11 is 0. The van der Waals surface area contributed by atoms with Crippen LogP contribution in [0.2, 0.25) is 0 Å². The summed E-state index contributed by atoms with van der Waals surface area (Å²) in [5.41, 5.74) is 4.11. The quantitative estimate of drug-likeness (QED) is 0.742. The van der Waals surface area contributed by atoms with Crippen molar-refractivity contribution in [3.05, 3.63) is 64.2 Å². The third-order valence-electron chi connectivity index (χ3n) is 5.17. The van der Waals surface area contributed by atoms with Crippen LogP contribution in [-0.2, 0) is 12.8 Å². The van der Waals surface area contributed by atoms with Gasteiger partial charge in [0.15, 0.2) is 0 Å². The molecule has 0 saturated heterocycles. The number of para-hydroxylation sites is 1. The zero-order valence-electron chi connectivity index (χ0n) is 15.4. The van der Waals surface area contributed by atoms with Gasteiger partial charge in [-0.3, -0.25) is 9.59 Å². The summed E-state index contributed by atoms with van der Waals surface area (Å²) in [7, 11) is 0. The average molecular weight is 346 g/mol. The van der Waals surface area contributed by atoms with Gasteiger partial charge in [0.2, 0.25) is 0 Å². The molecule has 3 rings (SSSR count). The first-order valence-corrected chi connectivity index (χ1v) is 9.04. The number of nitriles is 1. The Morgan fingerprint density at radius 1 is 1.04 bits per heavy atom. The maximum absolute atomic E-state index is 13.2. The second-order valence-electron chi connectivity index (χ2n) is 6.64. The highest BCUT2D eigenvalue weighted by atomic mass is 16.2. The number of fused-ring (bicyclic) bond motifs is 1. The van der Waals surface area contributed by atoms with Gasteiger partial charge in [0.05, 0.1) is 29.3 Å². The number of nitrogens with zero attached hydrogens (tertiary/aromatic N) is 2. The molecule has 1 atom stereocenters. The lowest BCUT2D eigenvalue weighted by Crippen LogP contribution is -2.31. The first kappa shape index (κ1) is 17.9. The van der Waals surface area contributed by atoms with Crippen LogP contribution in [0.15, 0.2) is 36.4 Å². The Labute approximate surface area is 154 Å². The molecule has 4 nitrogen and oxygen atoms in total. The molecule has 0 saturated carbocycles. The Kier molecular flexibility index (Phi) is 4.90. The maximum atomic E-state index is 13.2. The van der Waals surface area contributed by atoms with Crippen molar-refractivity contribution in [1.29, 1.82) is 5.26 Å². The van der Waals surface area contributed by atoms with E-state index in [4.69, 9.17) is 5.26 Å². The summed E-state index contributed by atoms with van der Waals surface area (Å²) in [6.45, 7) is 6.23. The Balaban J connectivity index is 2.21. The summed E-state index contributed by atoms with van der Waals surface area (Å²) < 4.78 is 0. The molecule has 2 aromatic rings. The summed E-state index contributed by atoms with van der Waals surface area (Å²) in [4.78, 5) is 27.7. The minimum absolute atomic E-state index is 0.115. The summed E-state index contributed by atoms with van der Waals surface area (Å²) in [5, 5.41) is 9.06. The van der Waals surface area contributed by atoms with E-state index < -0.39 is 0 Å². The molecule has 1 aliphatic heterocycles. The SMILES string of the molecule is CCc1cccc(C(C)CC)c1N1C(=O)c2cccc(CC#N)c2C1=O. The Morgan fingerprint density at radius 3 is 2.38 bits per heavy atom. The van der Waals surface area contributed by atoms with Crippen LogP contribution < -0.4 is 4.90 Å². The van der Waals surface area contributed by atoms with E-state index in [9.17, 15) is 9.59 Å². The largest absolute Gasteiger partial charge is 0.268 e. The third-order valence-corrected chi connectivity index (χ3v) is 5.17. The van der Waals surface area contributed by atoms with E-state index >= 15 is 0 Å². The highest BCUT2D eigenvalue weighted by molar-refractivity contribution is 6.35. The number of carbonyl (C=O) groups excluding carboxylic acids is 2. The number of hydrogen-bond acceptors (Lipinski definition) is 3. The number of rotatable bonds is 5. The molecule has 0 spiro atoms. The standard InChI is InChI=1S/C22H22N2O2/c1-4-14(3)17-10-6-8-15(5-2)20(17)24-21(25)18-11-7-9-16(12-13-23)19(18)22(24)26/h6-11,14H,4-5,12H2,1-3H3. The van der Waals surface area contributed by atoms with Gasteiger partial charge >= 0.3 is 0 Å². The predicted octanol–water partition coefficient (Wildman–Crippen LogP) is 4.63. The smallest absolute Gasteiger partial charge is 0.266 e. The van der Waals surface area contributed by atoms with E-state index in [1.807, 2.05) is 25.1 Å². The fraction of sp³-hybridized carbons (Fsp3) is 0.318. The number of amides is 2. The van der Waals surface area contributed by atoms with E-state index in [0.29, 0.717) is 16.7 Å². The van der Waals surface area contributed by atoms with Crippen LogP contribution in [0, 0.1) is 11.3 Å². The van der Waals surface area contributed by atoms with E-state index in [2.05, 4.69) is 19.9 Å². The van der Waals surface area contributed by atoms with Crippen molar-refractivity contribution < 1.29 is 9.59 Å². The van der Waals surface area contributed by atoms with Gasteiger partial charge in [0.1, 0.15) is 0 Å². The topological polar surface area (TPSA) is 61.2 Å². The predicted molar refractivity (Wildman–Crippen MR) is 101 cm³/mol. The Bertz CT molecular complexity index is 924. The van der Waals surface area contributed by atoms with E-state index in [-0.39, 0.29) is 24.2 Å². The summed E-state index contributed by atoms with van der Waals surface area (Å²) in [5.74, 6) is -0.379. The number of hydrogen-bond donors (Lipinski definition) is 0. The molecular weight excluding hydrogens is 324 g/mol. The van der Waals surface area contributed by atoms with Gasteiger partial charge in [0.25, 0.3) is 11.8 Å². The van der Waals surface area contributed by atoms with E-state index in [0.717, 1.165) is 29.7 Å². The van der Waals surface area contributed by atoms with Crippen molar-refractivity contribution in [3.63, 3.8) is 0 Å². The molecule has 0 bridgehead atoms. The fourth-order valence-corrected chi connectivity index (χ4v) is 3.58. The zero-order valence-corrected chi connectivity index (χ0v) is 15.4. The van der Waals surface area contributed by atoms with Crippen molar-refractivity contribution in [2.24, 2.45) is 0 Å². The van der Waals surface area contributed by atoms with Gasteiger partial charge < -0.3 is 0 Å².